The lowest BCUT2D eigenvalue weighted by Gasteiger charge is -2.03. The molecule has 0 amide bonds. The van der Waals surface area contributed by atoms with E-state index >= 15 is 0 Å². The van der Waals surface area contributed by atoms with E-state index in [4.69, 9.17) is 0 Å². The van der Waals surface area contributed by atoms with Gasteiger partial charge in [-0.15, -0.1) is 0 Å². The molecule has 0 aromatic heterocycles. The van der Waals surface area contributed by atoms with Crippen LogP contribution >= 0.6 is 0 Å². The number of carbonyl (C=O) groups excluding carboxylic acids is 1. The molecule has 0 bridgehead atoms. The van der Waals surface area contributed by atoms with Crippen LogP contribution in [-0.4, -0.2) is 39.4 Å². The molecule has 1 aromatic carbocycles. The van der Waals surface area contributed by atoms with Gasteiger partial charge in [-0.1, -0.05) is 0 Å². The van der Waals surface area contributed by atoms with Gasteiger partial charge in [0.2, 0.25) is 0 Å². The minimum Gasteiger partial charge on any atom is -0.384 e. The molecule has 94 valence electrons. The molecule has 0 fully saturated rings. The van der Waals surface area contributed by atoms with Crippen molar-refractivity contribution in [1.82, 2.24) is 0 Å². The maximum Gasteiger partial charge on any atom is 0.177 e. The second-order valence-corrected chi connectivity index (χ2v) is 5.70. The molecule has 17 heavy (non-hydrogen) atoms. The van der Waals surface area contributed by atoms with Gasteiger partial charge in [0.25, 0.3) is 0 Å². The smallest absolute Gasteiger partial charge is 0.177 e. The van der Waals surface area contributed by atoms with Crippen molar-refractivity contribution in [2.75, 3.05) is 25.2 Å². The van der Waals surface area contributed by atoms with Crippen molar-refractivity contribution in [2.45, 2.75) is 0 Å². The van der Waals surface area contributed by atoms with E-state index < -0.39 is 27.2 Å². The lowest BCUT2D eigenvalue weighted by molar-refractivity contribution is 0.102. The molecule has 0 N–H and O–H groups in total. The van der Waals surface area contributed by atoms with Crippen LogP contribution in [0.2, 0.25) is 0 Å². The fraction of sp³-hybridized carbons (Fsp3) is 0.364. The third-order valence-corrected chi connectivity index (χ3v) is 3.61. The minimum absolute atomic E-state index is 0.0546. The van der Waals surface area contributed by atoms with Gasteiger partial charge in [0.05, 0.1) is 12.4 Å². The first-order valence-corrected chi connectivity index (χ1v) is 6.75. The van der Waals surface area contributed by atoms with Crippen molar-refractivity contribution in [2.24, 2.45) is 0 Å². The van der Waals surface area contributed by atoms with E-state index in [-0.39, 0.29) is 17.9 Å². The topological polar surface area (TPSA) is 60.4 Å². The Labute approximate surface area is 99.3 Å². The van der Waals surface area contributed by atoms with Gasteiger partial charge in [-0.25, -0.2) is 12.8 Å². The number of carbonyl (C=O) groups is 1. The van der Waals surface area contributed by atoms with Gasteiger partial charge in [-0.3, -0.25) is 4.79 Å². The zero-order chi connectivity index (χ0) is 12.9. The van der Waals surface area contributed by atoms with Gasteiger partial charge in [0.1, 0.15) is 11.6 Å². The molecule has 6 heteroatoms. The van der Waals surface area contributed by atoms with E-state index in [1.807, 2.05) is 0 Å². The monoisotopic (exact) mass is 260 g/mol. The maximum absolute atomic E-state index is 12.6. The molecular formula is C11H13FO4S. The Morgan fingerprint density at radius 1 is 1.29 bits per heavy atom. The van der Waals surface area contributed by atoms with Crippen LogP contribution in [0, 0.1) is 5.82 Å². The molecule has 0 spiro atoms. The zero-order valence-electron chi connectivity index (χ0n) is 9.35. The Bertz CT molecular complexity index is 479. The highest BCUT2D eigenvalue weighted by atomic mass is 32.2. The highest BCUT2D eigenvalue weighted by Gasteiger charge is 2.17. The highest BCUT2D eigenvalue weighted by molar-refractivity contribution is 7.92. The van der Waals surface area contributed by atoms with Crippen LogP contribution in [-0.2, 0) is 14.6 Å². The molecule has 0 atom stereocenters. The molecule has 4 nitrogen and oxygen atoms in total. The predicted octanol–water partition coefficient (Wildman–Crippen LogP) is 1.07. The standard InChI is InChI=1S/C11H13FO4S/c1-16-6-7-17(14,15)8-11(13)9-2-4-10(12)5-3-9/h2-5H,6-8H2,1H3. The summed E-state index contributed by atoms with van der Waals surface area (Å²) in [4.78, 5) is 11.6. The van der Waals surface area contributed by atoms with E-state index in [2.05, 4.69) is 4.74 Å². The van der Waals surface area contributed by atoms with Gasteiger partial charge >= 0.3 is 0 Å². The second-order valence-electron chi connectivity index (χ2n) is 3.51. The summed E-state index contributed by atoms with van der Waals surface area (Å²) in [7, 11) is -2.08. The number of rotatable bonds is 6. The predicted molar refractivity (Wildman–Crippen MR) is 61.3 cm³/mol. The summed E-state index contributed by atoms with van der Waals surface area (Å²) < 4.78 is 40.2. The summed E-state index contributed by atoms with van der Waals surface area (Å²) in [6, 6.07) is 4.77. The summed E-state index contributed by atoms with van der Waals surface area (Å²) in [5, 5.41) is 0. The van der Waals surface area contributed by atoms with Crippen LogP contribution in [0.15, 0.2) is 24.3 Å². The molecule has 0 unspecified atom stereocenters. The molecule has 0 saturated heterocycles. The third kappa shape index (κ3) is 4.62. The number of hydrogen-bond donors (Lipinski definition) is 0. The van der Waals surface area contributed by atoms with Crippen LogP contribution in [0.5, 0.6) is 0 Å². The van der Waals surface area contributed by atoms with Crippen molar-refractivity contribution in [3.05, 3.63) is 35.6 Å². The summed E-state index contributed by atoms with van der Waals surface area (Å²) in [5.74, 6) is -1.79. The molecule has 0 aliphatic rings. The van der Waals surface area contributed by atoms with E-state index in [9.17, 15) is 17.6 Å². The molecule has 1 rings (SSSR count). The molecule has 0 heterocycles. The summed E-state index contributed by atoms with van der Waals surface area (Å²) in [6.45, 7) is 0.0546. The lowest BCUT2D eigenvalue weighted by atomic mass is 10.1. The maximum atomic E-state index is 12.6. The SMILES string of the molecule is COCCS(=O)(=O)CC(=O)c1ccc(F)cc1. The van der Waals surface area contributed by atoms with E-state index in [1.54, 1.807) is 0 Å². The first-order chi connectivity index (χ1) is 7.94. The summed E-state index contributed by atoms with van der Waals surface area (Å²) >= 11 is 0. The van der Waals surface area contributed by atoms with Gasteiger partial charge in [-0.2, -0.15) is 0 Å². The fourth-order valence-electron chi connectivity index (χ4n) is 1.20. The van der Waals surface area contributed by atoms with E-state index in [1.165, 1.54) is 19.2 Å². The van der Waals surface area contributed by atoms with Crippen molar-refractivity contribution in [3.8, 4) is 0 Å². The van der Waals surface area contributed by atoms with Crippen LogP contribution in [0.25, 0.3) is 0 Å². The first kappa shape index (κ1) is 13.8. The van der Waals surface area contributed by atoms with Crippen LogP contribution < -0.4 is 0 Å². The Morgan fingerprint density at radius 3 is 2.41 bits per heavy atom. The third-order valence-electron chi connectivity index (χ3n) is 2.12. The number of methoxy groups -OCH3 is 1. The number of sulfone groups is 1. The normalized spacial score (nSPS) is 11.4. The van der Waals surface area contributed by atoms with Gasteiger partial charge in [-0.05, 0) is 24.3 Å². The van der Waals surface area contributed by atoms with E-state index in [0.717, 1.165) is 12.1 Å². The Balaban J connectivity index is 2.69. The average Bonchev–Trinajstić information content (AvgIpc) is 2.26. The van der Waals surface area contributed by atoms with Crippen LogP contribution in [0.3, 0.4) is 0 Å². The lowest BCUT2D eigenvalue weighted by Crippen LogP contribution is -2.21. The van der Waals surface area contributed by atoms with Crippen LogP contribution in [0.4, 0.5) is 4.39 Å². The zero-order valence-corrected chi connectivity index (χ0v) is 10.2. The Kier molecular flexibility index (Phi) is 4.77. The number of Topliss-reactive ketones (excluding diaryl/α,β-unsaturated/α-hetero) is 1. The Morgan fingerprint density at radius 2 is 1.88 bits per heavy atom. The molecule has 0 saturated carbocycles. The van der Waals surface area contributed by atoms with Crippen molar-refractivity contribution in [3.63, 3.8) is 0 Å². The quantitative estimate of drug-likeness (QED) is 0.718. The largest absolute Gasteiger partial charge is 0.384 e. The van der Waals surface area contributed by atoms with Crippen molar-refractivity contribution < 1.29 is 22.3 Å². The first-order valence-electron chi connectivity index (χ1n) is 4.93. The molecule has 0 aliphatic carbocycles. The molecular weight excluding hydrogens is 247 g/mol. The Hall–Kier alpha value is -1.27. The van der Waals surface area contributed by atoms with Gasteiger partial charge in [0, 0.05) is 12.7 Å². The summed E-state index contributed by atoms with van der Waals surface area (Å²) in [6.07, 6.45) is 0. The van der Waals surface area contributed by atoms with Gasteiger partial charge < -0.3 is 4.74 Å². The average molecular weight is 260 g/mol. The second kappa shape index (κ2) is 5.88. The van der Waals surface area contributed by atoms with Crippen molar-refractivity contribution in [1.29, 1.82) is 0 Å². The van der Waals surface area contributed by atoms with Gasteiger partial charge in [0.15, 0.2) is 15.6 Å². The number of hydrogen-bond acceptors (Lipinski definition) is 4. The van der Waals surface area contributed by atoms with Crippen LogP contribution in [0.1, 0.15) is 10.4 Å². The number of ketones is 1. The highest BCUT2D eigenvalue weighted by Crippen LogP contribution is 2.05. The number of benzene rings is 1. The molecule has 1 aromatic rings. The molecule has 0 radical (unpaired) electrons. The van der Waals surface area contributed by atoms with Crippen molar-refractivity contribution >= 4 is 15.6 Å². The minimum atomic E-state index is -3.47. The fourth-order valence-corrected chi connectivity index (χ4v) is 2.33. The number of halogens is 1. The summed E-state index contributed by atoms with van der Waals surface area (Å²) in [5.41, 5.74) is 0.187. The van der Waals surface area contributed by atoms with E-state index in [0.29, 0.717) is 0 Å². The number of ether oxygens (including phenoxy) is 1. The molecule has 0 aliphatic heterocycles.